The lowest BCUT2D eigenvalue weighted by Gasteiger charge is -2.16. The van der Waals surface area contributed by atoms with Crippen molar-refractivity contribution in [3.63, 3.8) is 0 Å². The first-order valence-electron chi connectivity index (χ1n) is 7.51. The second-order valence-corrected chi connectivity index (χ2v) is 5.92. The number of benzene rings is 1. The van der Waals surface area contributed by atoms with Crippen LogP contribution in [0.1, 0.15) is 24.1 Å². The maximum atomic E-state index is 11.8. The van der Waals surface area contributed by atoms with Crippen molar-refractivity contribution in [3.8, 4) is 0 Å². The third-order valence-corrected chi connectivity index (χ3v) is 3.95. The lowest BCUT2D eigenvalue weighted by molar-refractivity contribution is 0.674. The average Bonchev–Trinajstić information content (AvgIpc) is 3.01. The largest absolute Gasteiger partial charge is 0.342 e. The van der Waals surface area contributed by atoms with Crippen LogP contribution in [-0.2, 0) is 13.1 Å². The number of rotatable bonds is 5. The van der Waals surface area contributed by atoms with Gasteiger partial charge in [-0.2, -0.15) is 0 Å². The van der Waals surface area contributed by atoms with Gasteiger partial charge in [0.05, 0.1) is 5.69 Å². The monoisotopic (exact) mass is 318 g/mol. The molecule has 22 heavy (non-hydrogen) atoms. The van der Waals surface area contributed by atoms with Crippen LogP contribution in [0.2, 0.25) is 5.02 Å². The molecule has 116 valence electrons. The van der Waals surface area contributed by atoms with Crippen molar-refractivity contribution in [3.05, 3.63) is 57.0 Å². The van der Waals surface area contributed by atoms with Crippen molar-refractivity contribution >= 4 is 17.5 Å². The SMILES string of the molecule is O=c1cc(CNCc2cccc(Cl)c2)nc(N2CCCC2)[nH]1. The first-order chi connectivity index (χ1) is 10.7. The smallest absolute Gasteiger partial charge is 0.252 e. The molecule has 1 aliphatic rings. The highest BCUT2D eigenvalue weighted by Gasteiger charge is 2.15. The summed E-state index contributed by atoms with van der Waals surface area (Å²) in [6.45, 7) is 3.16. The van der Waals surface area contributed by atoms with Crippen molar-refractivity contribution in [2.75, 3.05) is 18.0 Å². The van der Waals surface area contributed by atoms with Crippen LogP contribution < -0.4 is 15.8 Å². The van der Waals surface area contributed by atoms with E-state index in [4.69, 9.17) is 11.6 Å². The summed E-state index contributed by atoms with van der Waals surface area (Å²) in [5, 5.41) is 4.02. The van der Waals surface area contributed by atoms with E-state index in [-0.39, 0.29) is 5.56 Å². The molecular formula is C16H19ClN4O. The Morgan fingerprint density at radius 3 is 2.82 bits per heavy atom. The number of anilines is 1. The molecule has 3 rings (SSSR count). The molecule has 1 aliphatic heterocycles. The average molecular weight is 319 g/mol. The van der Waals surface area contributed by atoms with Crippen molar-refractivity contribution in [2.24, 2.45) is 0 Å². The zero-order chi connectivity index (χ0) is 15.4. The van der Waals surface area contributed by atoms with Crippen molar-refractivity contribution in [1.82, 2.24) is 15.3 Å². The molecule has 1 saturated heterocycles. The van der Waals surface area contributed by atoms with Crippen molar-refractivity contribution < 1.29 is 0 Å². The maximum absolute atomic E-state index is 11.8. The van der Waals surface area contributed by atoms with Crippen LogP contribution in [0.3, 0.4) is 0 Å². The van der Waals surface area contributed by atoms with Crippen LogP contribution in [-0.4, -0.2) is 23.1 Å². The Morgan fingerprint density at radius 2 is 2.05 bits per heavy atom. The molecule has 1 aromatic carbocycles. The van der Waals surface area contributed by atoms with Gasteiger partial charge in [-0.15, -0.1) is 0 Å². The third kappa shape index (κ3) is 3.87. The molecule has 0 radical (unpaired) electrons. The van der Waals surface area contributed by atoms with Crippen molar-refractivity contribution in [2.45, 2.75) is 25.9 Å². The standard InChI is InChI=1S/C16H19ClN4O/c17-13-5-3-4-12(8-13)10-18-11-14-9-15(22)20-16(19-14)21-6-1-2-7-21/h3-5,8-9,18H,1-2,6-7,10-11H2,(H,19,20,22). The van der Waals surface area contributed by atoms with E-state index in [9.17, 15) is 4.79 Å². The Labute approximate surface area is 134 Å². The van der Waals surface area contributed by atoms with E-state index in [0.717, 1.165) is 42.2 Å². The Hall–Kier alpha value is -1.85. The number of nitrogens with one attached hydrogen (secondary N) is 2. The van der Waals surface area contributed by atoms with Crippen LogP contribution in [0.5, 0.6) is 0 Å². The van der Waals surface area contributed by atoms with Crippen LogP contribution in [0.25, 0.3) is 0 Å². The molecule has 5 nitrogen and oxygen atoms in total. The Kier molecular flexibility index (Phi) is 4.75. The molecule has 0 atom stereocenters. The summed E-state index contributed by atoms with van der Waals surface area (Å²) in [6, 6.07) is 9.27. The number of hydrogen-bond acceptors (Lipinski definition) is 4. The van der Waals surface area contributed by atoms with Crippen molar-refractivity contribution in [1.29, 1.82) is 0 Å². The van der Waals surface area contributed by atoms with E-state index in [1.165, 1.54) is 0 Å². The fraction of sp³-hybridized carbons (Fsp3) is 0.375. The van der Waals surface area contributed by atoms with Gasteiger partial charge in [-0.1, -0.05) is 23.7 Å². The Balaban J connectivity index is 1.63. The van der Waals surface area contributed by atoms with Crippen LogP contribution >= 0.6 is 11.6 Å². The number of hydrogen-bond donors (Lipinski definition) is 2. The van der Waals surface area contributed by atoms with Gasteiger partial charge in [-0.3, -0.25) is 9.78 Å². The number of nitrogens with zero attached hydrogens (tertiary/aromatic N) is 2. The minimum atomic E-state index is -0.101. The lowest BCUT2D eigenvalue weighted by atomic mass is 10.2. The zero-order valence-corrected chi connectivity index (χ0v) is 13.1. The van der Waals surface area contributed by atoms with E-state index in [0.29, 0.717) is 19.0 Å². The fourth-order valence-electron chi connectivity index (χ4n) is 2.64. The van der Waals surface area contributed by atoms with Crippen LogP contribution in [0.15, 0.2) is 35.1 Å². The number of H-pyrrole nitrogens is 1. The molecule has 0 bridgehead atoms. The van der Waals surface area contributed by atoms with Gasteiger partial charge in [-0.25, -0.2) is 4.98 Å². The quantitative estimate of drug-likeness (QED) is 0.888. The minimum absolute atomic E-state index is 0.101. The number of aromatic amines is 1. The third-order valence-electron chi connectivity index (χ3n) is 3.71. The first-order valence-corrected chi connectivity index (χ1v) is 7.89. The van der Waals surface area contributed by atoms with E-state index >= 15 is 0 Å². The topological polar surface area (TPSA) is 61.0 Å². The highest BCUT2D eigenvalue weighted by molar-refractivity contribution is 6.30. The van der Waals surface area contributed by atoms with Crippen LogP contribution in [0.4, 0.5) is 5.95 Å². The predicted octanol–water partition coefficient (Wildman–Crippen LogP) is 2.31. The molecule has 0 saturated carbocycles. The molecule has 0 spiro atoms. The van der Waals surface area contributed by atoms with Crippen LogP contribution in [0, 0.1) is 0 Å². The highest BCUT2D eigenvalue weighted by atomic mass is 35.5. The van der Waals surface area contributed by atoms with Gasteiger partial charge < -0.3 is 10.2 Å². The van der Waals surface area contributed by atoms with E-state index in [1.807, 2.05) is 24.3 Å². The molecular weight excluding hydrogens is 300 g/mol. The van der Waals surface area contributed by atoms with Gasteiger partial charge in [0, 0.05) is 37.3 Å². The minimum Gasteiger partial charge on any atom is -0.342 e. The summed E-state index contributed by atoms with van der Waals surface area (Å²) in [4.78, 5) is 21.3. The highest BCUT2D eigenvalue weighted by Crippen LogP contribution is 2.14. The summed E-state index contributed by atoms with van der Waals surface area (Å²) >= 11 is 5.96. The molecule has 2 N–H and O–H groups in total. The molecule has 0 aliphatic carbocycles. The van der Waals surface area contributed by atoms with Gasteiger partial charge in [0.1, 0.15) is 0 Å². The Bertz CT molecular complexity index is 695. The fourth-order valence-corrected chi connectivity index (χ4v) is 2.86. The normalized spacial score (nSPS) is 14.5. The van der Waals surface area contributed by atoms with Gasteiger partial charge >= 0.3 is 0 Å². The second-order valence-electron chi connectivity index (χ2n) is 5.49. The summed E-state index contributed by atoms with van der Waals surface area (Å²) < 4.78 is 0. The molecule has 1 aromatic heterocycles. The molecule has 2 aromatic rings. The van der Waals surface area contributed by atoms with E-state index in [1.54, 1.807) is 6.07 Å². The van der Waals surface area contributed by atoms with Gasteiger partial charge in [0.25, 0.3) is 5.56 Å². The molecule has 2 heterocycles. The molecule has 6 heteroatoms. The molecule has 0 unspecified atom stereocenters. The summed E-state index contributed by atoms with van der Waals surface area (Å²) in [6.07, 6.45) is 2.31. The zero-order valence-electron chi connectivity index (χ0n) is 12.3. The van der Waals surface area contributed by atoms with Gasteiger partial charge in [-0.05, 0) is 30.5 Å². The van der Waals surface area contributed by atoms with Gasteiger partial charge in [0.2, 0.25) is 5.95 Å². The summed E-state index contributed by atoms with van der Waals surface area (Å²) in [5.74, 6) is 0.685. The first kappa shape index (κ1) is 15.1. The van der Waals surface area contributed by atoms with E-state index < -0.39 is 0 Å². The Morgan fingerprint density at radius 1 is 1.23 bits per heavy atom. The number of aromatic nitrogens is 2. The van der Waals surface area contributed by atoms with E-state index in [2.05, 4.69) is 20.2 Å². The maximum Gasteiger partial charge on any atom is 0.252 e. The lowest BCUT2D eigenvalue weighted by Crippen LogP contribution is -2.25. The molecule has 0 amide bonds. The predicted molar refractivity (Wildman–Crippen MR) is 88.3 cm³/mol. The summed E-state index contributed by atoms with van der Waals surface area (Å²) in [7, 11) is 0. The molecule has 1 fully saturated rings. The number of halogens is 1. The van der Waals surface area contributed by atoms with Gasteiger partial charge in [0.15, 0.2) is 0 Å². The second kappa shape index (κ2) is 6.94. The summed E-state index contributed by atoms with van der Waals surface area (Å²) in [5.41, 5.74) is 1.77.